The van der Waals surface area contributed by atoms with Gasteiger partial charge in [0.1, 0.15) is 0 Å². The van der Waals surface area contributed by atoms with Gasteiger partial charge in [-0.3, -0.25) is 4.79 Å². The zero-order valence-electron chi connectivity index (χ0n) is 8.76. The molecule has 0 aromatic carbocycles. The Labute approximate surface area is 105 Å². The summed E-state index contributed by atoms with van der Waals surface area (Å²) in [5, 5.41) is 8.83. The summed E-state index contributed by atoms with van der Waals surface area (Å²) < 4.78 is 10.4. The fourth-order valence-corrected chi connectivity index (χ4v) is 2.01. The lowest BCUT2D eigenvalue weighted by Crippen LogP contribution is -2.48. The number of ether oxygens (including phenoxy) is 1. The van der Waals surface area contributed by atoms with Crippen molar-refractivity contribution in [3.63, 3.8) is 0 Å². The molecule has 1 saturated heterocycles. The monoisotopic (exact) mass is 303 g/mol. The van der Waals surface area contributed by atoms with Gasteiger partial charge in [-0.15, -0.1) is 0 Å². The smallest absolute Gasteiger partial charge is 0.334 e. The highest BCUT2D eigenvalue weighted by Gasteiger charge is 2.30. The van der Waals surface area contributed by atoms with Crippen LogP contribution in [0.3, 0.4) is 0 Å². The molecule has 1 fully saturated rings. The van der Waals surface area contributed by atoms with Crippen LogP contribution in [-0.2, 0) is 9.53 Å². The maximum absolute atomic E-state index is 12.0. The largest absolute Gasteiger partial charge is 0.479 e. The van der Waals surface area contributed by atoms with Crippen LogP contribution in [0.15, 0.2) is 21.4 Å². The van der Waals surface area contributed by atoms with Crippen molar-refractivity contribution in [1.82, 2.24) is 4.90 Å². The van der Waals surface area contributed by atoms with E-state index >= 15 is 0 Å². The predicted octanol–water partition coefficient (Wildman–Crippen LogP) is 0.968. The first-order valence-electron chi connectivity index (χ1n) is 4.96. The fourth-order valence-electron chi connectivity index (χ4n) is 1.60. The van der Waals surface area contributed by atoms with Crippen LogP contribution in [0.5, 0.6) is 0 Å². The zero-order chi connectivity index (χ0) is 12.4. The molecule has 2 heterocycles. The minimum absolute atomic E-state index is 0.0474. The third-order valence-electron chi connectivity index (χ3n) is 2.48. The van der Waals surface area contributed by atoms with Gasteiger partial charge in [0.05, 0.1) is 25.0 Å². The molecule has 1 amide bonds. The minimum atomic E-state index is -1.06. The van der Waals surface area contributed by atoms with Crippen molar-refractivity contribution in [2.45, 2.75) is 6.10 Å². The van der Waals surface area contributed by atoms with Gasteiger partial charge < -0.3 is 19.2 Å². The van der Waals surface area contributed by atoms with Crippen molar-refractivity contribution in [2.75, 3.05) is 19.7 Å². The van der Waals surface area contributed by atoms with Crippen LogP contribution in [-0.4, -0.2) is 47.7 Å². The van der Waals surface area contributed by atoms with Gasteiger partial charge in [-0.1, -0.05) is 0 Å². The number of furan rings is 1. The number of halogens is 1. The van der Waals surface area contributed by atoms with Crippen LogP contribution in [0.4, 0.5) is 0 Å². The second-order valence-electron chi connectivity index (χ2n) is 3.56. The summed E-state index contributed by atoms with van der Waals surface area (Å²) in [7, 11) is 0. The molecule has 6 nitrogen and oxygen atoms in total. The number of nitrogens with zero attached hydrogens (tertiary/aromatic N) is 1. The number of hydrogen-bond acceptors (Lipinski definition) is 4. The average Bonchev–Trinajstić information content (AvgIpc) is 2.74. The first kappa shape index (κ1) is 12.1. The second-order valence-corrected chi connectivity index (χ2v) is 4.28. The molecule has 7 heteroatoms. The van der Waals surface area contributed by atoms with Gasteiger partial charge in [-0.05, 0) is 22.0 Å². The zero-order valence-corrected chi connectivity index (χ0v) is 10.3. The Morgan fingerprint density at radius 2 is 2.29 bits per heavy atom. The van der Waals surface area contributed by atoms with E-state index in [4.69, 9.17) is 14.3 Å². The van der Waals surface area contributed by atoms with Crippen molar-refractivity contribution < 1.29 is 23.8 Å². The van der Waals surface area contributed by atoms with Gasteiger partial charge in [-0.25, -0.2) is 4.79 Å². The van der Waals surface area contributed by atoms with E-state index < -0.39 is 12.1 Å². The molecule has 1 N–H and O–H groups in total. The van der Waals surface area contributed by atoms with E-state index in [-0.39, 0.29) is 19.1 Å². The molecule has 0 aliphatic carbocycles. The number of carboxylic acids is 1. The molecule has 0 spiro atoms. The molecule has 1 aliphatic heterocycles. The van der Waals surface area contributed by atoms with E-state index in [0.29, 0.717) is 16.8 Å². The number of carbonyl (C=O) groups excluding carboxylic acids is 1. The summed E-state index contributed by atoms with van der Waals surface area (Å²) in [5.74, 6) is -1.33. The van der Waals surface area contributed by atoms with Gasteiger partial charge >= 0.3 is 5.97 Å². The van der Waals surface area contributed by atoms with Crippen LogP contribution in [0, 0.1) is 0 Å². The van der Waals surface area contributed by atoms with Gasteiger partial charge in [0.15, 0.2) is 10.8 Å². The summed E-state index contributed by atoms with van der Waals surface area (Å²) in [6, 6.07) is 1.54. The Balaban J connectivity index is 2.10. The minimum Gasteiger partial charge on any atom is -0.479 e. The third kappa shape index (κ3) is 2.50. The number of morpholine rings is 1. The van der Waals surface area contributed by atoms with Crippen molar-refractivity contribution >= 4 is 27.8 Å². The molecule has 1 aromatic heterocycles. The standard InChI is InChI=1S/C10H10BrNO5/c11-8-6(1-3-17-8)9(13)12-2-4-16-7(5-12)10(14)15/h1,3,7H,2,4-5H2,(H,14,15). The molecule has 0 radical (unpaired) electrons. The third-order valence-corrected chi connectivity index (χ3v) is 3.09. The number of aliphatic carboxylic acids is 1. The lowest BCUT2D eigenvalue weighted by atomic mass is 10.2. The Bertz CT molecular complexity index is 444. The molecule has 17 heavy (non-hydrogen) atoms. The molecular weight excluding hydrogens is 294 g/mol. The van der Waals surface area contributed by atoms with Gasteiger partial charge in [-0.2, -0.15) is 0 Å². The van der Waals surface area contributed by atoms with E-state index in [1.54, 1.807) is 0 Å². The van der Waals surface area contributed by atoms with Gasteiger partial charge in [0, 0.05) is 6.54 Å². The van der Waals surface area contributed by atoms with E-state index in [2.05, 4.69) is 15.9 Å². The average molecular weight is 304 g/mol. The quantitative estimate of drug-likeness (QED) is 0.880. The molecular formula is C10H10BrNO5. The summed E-state index contributed by atoms with van der Waals surface area (Å²) >= 11 is 3.12. The van der Waals surface area contributed by atoms with Crippen LogP contribution >= 0.6 is 15.9 Å². The van der Waals surface area contributed by atoms with Crippen molar-refractivity contribution in [3.8, 4) is 0 Å². The van der Waals surface area contributed by atoms with E-state index in [0.717, 1.165) is 0 Å². The Kier molecular flexibility index (Phi) is 3.49. The number of rotatable bonds is 2. The number of hydrogen-bond donors (Lipinski definition) is 1. The van der Waals surface area contributed by atoms with Crippen molar-refractivity contribution in [1.29, 1.82) is 0 Å². The van der Waals surface area contributed by atoms with E-state index in [9.17, 15) is 9.59 Å². The summed E-state index contributed by atoms with van der Waals surface area (Å²) in [4.78, 5) is 24.3. The summed E-state index contributed by atoms with van der Waals surface area (Å²) in [5.41, 5.74) is 0.385. The number of carbonyl (C=O) groups is 2. The SMILES string of the molecule is O=C(O)C1CN(C(=O)c2ccoc2Br)CCO1. The molecule has 1 aliphatic rings. The molecule has 2 rings (SSSR count). The molecule has 1 atom stereocenters. The van der Waals surface area contributed by atoms with Gasteiger partial charge in [0.25, 0.3) is 5.91 Å². The molecule has 1 aromatic rings. The van der Waals surface area contributed by atoms with Crippen molar-refractivity contribution in [3.05, 3.63) is 22.6 Å². The topological polar surface area (TPSA) is 80.0 Å². The number of amides is 1. The lowest BCUT2D eigenvalue weighted by molar-refractivity contribution is -0.154. The normalized spacial score (nSPS) is 20.3. The predicted molar refractivity (Wildman–Crippen MR) is 59.7 cm³/mol. The first-order chi connectivity index (χ1) is 8.09. The Morgan fingerprint density at radius 1 is 1.53 bits per heavy atom. The van der Waals surface area contributed by atoms with Crippen molar-refractivity contribution in [2.24, 2.45) is 0 Å². The van der Waals surface area contributed by atoms with Crippen LogP contribution in [0.1, 0.15) is 10.4 Å². The Morgan fingerprint density at radius 3 is 2.88 bits per heavy atom. The highest BCUT2D eigenvalue weighted by molar-refractivity contribution is 9.10. The van der Waals surface area contributed by atoms with E-state index in [1.165, 1.54) is 17.2 Å². The van der Waals surface area contributed by atoms with Crippen LogP contribution < -0.4 is 0 Å². The maximum atomic E-state index is 12.0. The lowest BCUT2D eigenvalue weighted by Gasteiger charge is -2.30. The molecule has 92 valence electrons. The maximum Gasteiger partial charge on any atom is 0.334 e. The Hall–Kier alpha value is -1.34. The van der Waals surface area contributed by atoms with E-state index in [1.807, 2.05) is 0 Å². The number of carboxylic acid groups (broad SMARTS) is 1. The highest BCUT2D eigenvalue weighted by atomic mass is 79.9. The van der Waals surface area contributed by atoms with Crippen LogP contribution in [0.2, 0.25) is 0 Å². The molecule has 0 bridgehead atoms. The highest BCUT2D eigenvalue weighted by Crippen LogP contribution is 2.20. The first-order valence-corrected chi connectivity index (χ1v) is 5.75. The second kappa shape index (κ2) is 4.89. The molecule has 1 unspecified atom stereocenters. The molecule has 0 saturated carbocycles. The summed E-state index contributed by atoms with van der Waals surface area (Å²) in [6.07, 6.45) is 0.435. The van der Waals surface area contributed by atoms with Gasteiger partial charge in [0.2, 0.25) is 0 Å². The van der Waals surface area contributed by atoms with Crippen LogP contribution in [0.25, 0.3) is 0 Å². The summed E-state index contributed by atoms with van der Waals surface area (Å²) in [6.45, 7) is 0.643. The fraction of sp³-hybridized carbons (Fsp3) is 0.400.